The number of thiophene rings is 1. The van der Waals surface area contributed by atoms with E-state index in [4.69, 9.17) is 10.5 Å². The van der Waals surface area contributed by atoms with Crippen LogP contribution < -0.4 is 21.1 Å². The van der Waals surface area contributed by atoms with Gasteiger partial charge in [0.2, 0.25) is 5.91 Å². The zero-order chi connectivity index (χ0) is 32.4. The zero-order valence-electron chi connectivity index (χ0n) is 24.4. The van der Waals surface area contributed by atoms with Crippen molar-refractivity contribution in [2.45, 2.75) is 29.6 Å². The van der Waals surface area contributed by atoms with Crippen LogP contribution in [0.5, 0.6) is 5.75 Å². The number of methoxy groups -OCH3 is 1. The Balaban J connectivity index is 0.000000440. The van der Waals surface area contributed by atoms with Crippen molar-refractivity contribution in [2.75, 3.05) is 25.5 Å². The molecule has 0 aliphatic carbocycles. The van der Waals surface area contributed by atoms with Crippen LogP contribution >= 0.6 is 11.3 Å². The van der Waals surface area contributed by atoms with Crippen LogP contribution in [0.2, 0.25) is 0 Å². The lowest BCUT2D eigenvalue weighted by Crippen LogP contribution is -2.42. The Morgan fingerprint density at radius 3 is 2.31 bits per heavy atom. The van der Waals surface area contributed by atoms with Gasteiger partial charge in [0.25, 0.3) is 21.6 Å². The number of non-ortho nitro benzene ring substituents is 1. The third kappa shape index (κ3) is 9.11. The fourth-order valence-corrected chi connectivity index (χ4v) is 7.46. The summed E-state index contributed by atoms with van der Waals surface area (Å²) < 4.78 is 33.1. The second-order valence-corrected chi connectivity index (χ2v) is 13.3. The van der Waals surface area contributed by atoms with Crippen LogP contribution in [-0.2, 0) is 16.6 Å². The molecule has 2 amide bonds. The van der Waals surface area contributed by atoms with Crippen LogP contribution in [0.25, 0.3) is 0 Å². The van der Waals surface area contributed by atoms with E-state index in [0.29, 0.717) is 48.5 Å². The smallest absolute Gasteiger partial charge is 0.271 e. The molecule has 12 nitrogen and oxygen atoms in total. The van der Waals surface area contributed by atoms with Gasteiger partial charge < -0.3 is 21.1 Å². The fourth-order valence-electron chi connectivity index (χ4n) is 4.54. The highest BCUT2D eigenvalue weighted by Crippen LogP contribution is 2.28. The molecule has 5 rings (SSSR count). The molecule has 1 fully saturated rings. The maximum absolute atomic E-state index is 13.2. The lowest BCUT2D eigenvalue weighted by Gasteiger charge is -2.31. The molecule has 3 aromatic carbocycles. The van der Waals surface area contributed by atoms with Crippen LogP contribution in [0.4, 0.5) is 11.4 Å². The van der Waals surface area contributed by atoms with Gasteiger partial charge in [0.05, 0.1) is 18.6 Å². The van der Waals surface area contributed by atoms with Gasteiger partial charge in [-0.05, 0) is 61.4 Å². The maximum Gasteiger partial charge on any atom is 0.271 e. The molecule has 0 atom stereocenters. The third-order valence-electron chi connectivity index (χ3n) is 6.93. The number of piperidine rings is 1. The van der Waals surface area contributed by atoms with E-state index in [1.165, 1.54) is 23.5 Å². The first-order valence-corrected chi connectivity index (χ1v) is 16.2. The maximum atomic E-state index is 13.2. The normalized spacial score (nSPS) is 13.6. The Hall–Kier alpha value is -4.79. The van der Waals surface area contributed by atoms with Gasteiger partial charge in [0.15, 0.2) is 0 Å². The monoisotopic (exact) mass is 651 g/mol. The van der Waals surface area contributed by atoms with E-state index in [0.717, 1.165) is 16.2 Å². The molecule has 2 heterocycles. The highest BCUT2D eigenvalue weighted by molar-refractivity contribution is 7.91. The van der Waals surface area contributed by atoms with Crippen LogP contribution in [0.3, 0.4) is 0 Å². The van der Waals surface area contributed by atoms with Crippen LogP contribution in [0.15, 0.2) is 95.2 Å². The fraction of sp³-hybridized carbons (Fsp3) is 0.226. The van der Waals surface area contributed by atoms with Crippen LogP contribution in [0.1, 0.15) is 38.4 Å². The first-order valence-electron chi connectivity index (χ1n) is 13.9. The Morgan fingerprint density at radius 1 is 0.978 bits per heavy atom. The molecular weight excluding hydrogens is 619 g/mol. The Labute approximate surface area is 265 Å². The summed E-state index contributed by atoms with van der Waals surface area (Å²) in [5, 5.41) is 17.1. The number of nitrogens with zero attached hydrogens (tertiary/aromatic N) is 2. The molecule has 0 spiro atoms. The van der Waals surface area contributed by atoms with E-state index in [2.05, 4.69) is 10.6 Å². The van der Waals surface area contributed by atoms with Gasteiger partial charge in [-0.1, -0.05) is 30.3 Å². The van der Waals surface area contributed by atoms with Gasteiger partial charge in [-0.3, -0.25) is 19.7 Å². The number of carbonyl (C=O) groups is 2. The summed E-state index contributed by atoms with van der Waals surface area (Å²) in [7, 11) is -2.12. The number of nitro groups is 1. The Bertz CT molecular complexity index is 1740. The van der Waals surface area contributed by atoms with E-state index in [1.807, 2.05) is 6.07 Å². The first-order chi connectivity index (χ1) is 21.6. The van der Waals surface area contributed by atoms with Gasteiger partial charge in [0, 0.05) is 53.0 Å². The van der Waals surface area contributed by atoms with Crippen molar-refractivity contribution < 1.29 is 27.7 Å². The third-order valence-corrected chi connectivity index (χ3v) is 10.4. The summed E-state index contributed by atoms with van der Waals surface area (Å²) in [5.74, 6) is -0.0724. The first kappa shape index (κ1) is 33.1. The van der Waals surface area contributed by atoms with Crippen LogP contribution in [-0.4, -0.2) is 55.7 Å². The lowest BCUT2D eigenvalue weighted by atomic mass is 10.1. The average Bonchev–Trinajstić information content (AvgIpc) is 3.55. The summed E-state index contributed by atoms with van der Waals surface area (Å²) in [6.45, 7) is 0.898. The summed E-state index contributed by atoms with van der Waals surface area (Å²) in [5.41, 5.74) is 6.64. The minimum absolute atomic E-state index is 0.00759. The Morgan fingerprint density at radius 2 is 1.67 bits per heavy atom. The molecule has 0 bridgehead atoms. The molecule has 0 saturated carbocycles. The lowest BCUT2D eigenvalue weighted by molar-refractivity contribution is -0.384. The molecule has 1 aromatic heterocycles. The molecule has 1 aliphatic heterocycles. The molecule has 4 aromatic rings. The number of ether oxygens (including phenoxy) is 1. The molecule has 0 radical (unpaired) electrons. The number of nitro benzene ring substituents is 1. The quantitative estimate of drug-likeness (QED) is 0.164. The number of benzene rings is 3. The molecule has 1 saturated heterocycles. The number of hydrogen-bond acceptors (Lipinski definition) is 9. The number of sulfonamides is 1. The summed E-state index contributed by atoms with van der Waals surface area (Å²) in [6.07, 6.45) is 1.16. The Kier molecular flexibility index (Phi) is 11.2. The second-order valence-electron chi connectivity index (χ2n) is 10.00. The number of rotatable bonds is 10. The van der Waals surface area contributed by atoms with Crippen molar-refractivity contribution in [1.29, 1.82) is 0 Å². The van der Waals surface area contributed by atoms with E-state index in [9.17, 15) is 28.1 Å². The van der Waals surface area contributed by atoms with E-state index in [-0.39, 0.29) is 34.3 Å². The molecule has 1 aliphatic rings. The number of hydrogen-bond donors (Lipinski definition) is 3. The molecule has 45 heavy (non-hydrogen) atoms. The van der Waals surface area contributed by atoms with Crippen molar-refractivity contribution >= 4 is 44.5 Å². The molecular formula is C31H33N5O7S2. The summed E-state index contributed by atoms with van der Waals surface area (Å²) in [4.78, 5) is 34.1. The SMILES string of the molecule is COc1cccc(C(=O)NCc2ccc(S(=O)(=O)N3CCC(Nc4cccc([N+](=O)[O-])c4)CC3)s2)c1.NC(=O)c1ccccc1. The number of nitrogens with two attached hydrogens (primary N) is 1. The number of anilines is 1. The average molecular weight is 652 g/mol. The zero-order valence-corrected chi connectivity index (χ0v) is 26.1. The standard InChI is InChI=1S/C24H26N4O6S2.C7H7NO/c1-34-21-7-2-4-17(14-21)24(29)25-16-22-8-9-23(35-22)36(32,33)27-12-10-18(11-13-27)26-19-5-3-6-20(15-19)28(30)31;8-7(9)6-4-2-1-3-5-6/h2-9,14-15,18,26H,10-13,16H2,1H3,(H,25,29);1-5H,(H2,8,9). The molecule has 14 heteroatoms. The van der Waals surface area contributed by atoms with E-state index >= 15 is 0 Å². The second kappa shape index (κ2) is 15.3. The van der Waals surface area contributed by atoms with E-state index < -0.39 is 14.9 Å². The van der Waals surface area contributed by atoms with Gasteiger partial charge in [-0.25, -0.2) is 8.42 Å². The highest BCUT2D eigenvalue weighted by Gasteiger charge is 2.30. The number of nitrogens with one attached hydrogen (secondary N) is 2. The topological polar surface area (TPSA) is 174 Å². The molecule has 236 valence electrons. The number of amides is 2. The van der Waals surface area contributed by atoms with Crippen LogP contribution in [0, 0.1) is 10.1 Å². The van der Waals surface area contributed by atoms with Crippen molar-refractivity contribution in [1.82, 2.24) is 9.62 Å². The van der Waals surface area contributed by atoms with E-state index in [1.54, 1.807) is 72.8 Å². The number of primary amides is 1. The molecule has 0 unspecified atom stereocenters. The predicted octanol–water partition coefficient (Wildman–Crippen LogP) is 4.65. The van der Waals surface area contributed by atoms with Crippen molar-refractivity contribution in [2.24, 2.45) is 5.73 Å². The predicted molar refractivity (Wildman–Crippen MR) is 172 cm³/mol. The van der Waals surface area contributed by atoms with Gasteiger partial charge in [-0.15, -0.1) is 11.3 Å². The molecule has 4 N–H and O–H groups in total. The minimum atomic E-state index is -3.65. The largest absolute Gasteiger partial charge is 0.497 e. The summed E-state index contributed by atoms with van der Waals surface area (Å²) >= 11 is 1.14. The van der Waals surface area contributed by atoms with Crippen molar-refractivity contribution in [3.8, 4) is 5.75 Å². The summed E-state index contributed by atoms with van der Waals surface area (Å²) in [6, 6.07) is 25.1. The van der Waals surface area contributed by atoms with Crippen molar-refractivity contribution in [3.05, 3.63) is 117 Å². The minimum Gasteiger partial charge on any atom is -0.497 e. The van der Waals surface area contributed by atoms with Crippen molar-refractivity contribution in [3.63, 3.8) is 0 Å². The van der Waals surface area contributed by atoms with Gasteiger partial charge in [-0.2, -0.15) is 4.31 Å². The highest BCUT2D eigenvalue weighted by atomic mass is 32.2. The van der Waals surface area contributed by atoms with Gasteiger partial charge >= 0.3 is 0 Å². The number of carbonyl (C=O) groups excluding carboxylic acids is 2. The van der Waals surface area contributed by atoms with Gasteiger partial charge in [0.1, 0.15) is 9.96 Å².